The second kappa shape index (κ2) is 7.99. The van der Waals surface area contributed by atoms with Gasteiger partial charge in [0.15, 0.2) is 0 Å². The maximum atomic E-state index is 13.0. The van der Waals surface area contributed by atoms with Gasteiger partial charge in [-0.2, -0.15) is 0 Å². The van der Waals surface area contributed by atoms with Crippen molar-refractivity contribution in [3.05, 3.63) is 40.5 Å². The zero-order chi connectivity index (χ0) is 17.8. The molecule has 0 aromatic heterocycles. The normalized spacial score (nSPS) is 18.5. The Morgan fingerprint density at radius 2 is 1.80 bits per heavy atom. The van der Waals surface area contributed by atoms with Crippen molar-refractivity contribution in [2.24, 2.45) is 0 Å². The highest BCUT2D eigenvalue weighted by atomic mass is 35.5. The van der Waals surface area contributed by atoms with Crippen LogP contribution in [0.5, 0.6) is 0 Å². The standard InChI is InChI=1S/C18H21ClN2O4/c1-24-10-2-7-21-17(22)15(13-3-5-14(19)6-4-13)16(18(21)23)20-8-11-25-12-9-20/h3-6H,2,7-12H2,1H3. The second-order valence-electron chi connectivity index (χ2n) is 5.94. The first-order valence-corrected chi connectivity index (χ1v) is 8.69. The largest absolute Gasteiger partial charge is 0.385 e. The van der Waals surface area contributed by atoms with E-state index in [1.807, 2.05) is 4.90 Å². The molecule has 0 saturated carbocycles. The first kappa shape index (κ1) is 17.9. The van der Waals surface area contributed by atoms with Crippen LogP contribution in [0.1, 0.15) is 12.0 Å². The van der Waals surface area contributed by atoms with Gasteiger partial charge in [0, 0.05) is 38.4 Å². The third-order valence-corrected chi connectivity index (χ3v) is 4.59. The molecule has 2 heterocycles. The molecule has 134 valence electrons. The number of rotatable bonds is 6. The van der Waals surface area contributed by atoms with Crippen LogP contribution in [0.3, 0.4) is 0 Å². The molecule has 1 saturated heterocycles. The molecule has 0 unspecified atom stereocenters. The van der Waals surface area contributed by atoms with Crippen molar-refractivity contribution in [3.63, 3.8) is 0 Å². The number of halogens is 1. The Kier molecular flexibility index (Phi) is 5.73. The summed E-state index contributed by atoms with van der Waals surface area (Å²) in [4.78, 5) is 29.2. The Balaban J connectivity index is 1.96. The summed E-state index contributed by atoms with van der Waals surface area (Å²) in [5.41, 5.74) is 1.62. The van der Waals surface area contributed by atoms with E-state index in [1.165, 1.54) is 4.90 Å². The molecule has 2 amide bonds. The maximum absolute atomic E-state index is 13.0. The minimum atomic E-state index is -0.259. The molecule has 6 nitrogen and oxygen atoms in total. The highest BCUT2D eigenvalue weighted by Crippen LogP contribution is 2.32. The lowest BCUT2D eigenvalue weighted by Crippen LogP contribution is -2.40. The number of benzene rings is 1. The summed E-state index contributed by atoms with van der Waals surface area (Å²) in [6.45, 7) is 3.12. The number of hydrogen-bond acceptors (Lipinski definition) is 5. The molecule has 0 atom stereocenters. The van der Waals surface area contributed by atoms with Crippen molar-refractivity contribution in [3.8, 4) is 0 Å². The molecule has 0 bridgehead atoms. The van der Waals surface area contributed by atoms with Gasteiger partial charge in [0.05, 0.1) is 18.8 Å². The van der Waals surface area contributed by atoms with Gasteiger partial charge in [-0.25, -0.2) is 0 Å². The number of methoxy groups -OCH3 is 1. The average molecular weight is 365 g/mol. The third kappa shape index (κ3) is 3.71. The lowest BCUT2D eigenvalue weighted by atomic mass is 10.0. The van der Waals surface area contributed by atoms with Gasteiger partial charge in [-0.1, -0.05) is 23.7 Å². The van der Waals surface area contributed by atoms with Gasteiger partial charge in [-0.05, 0) is 24.1 Å². The van der Waals surface area contributed by atoms with E-state index in [9.17, 15) is 9.59 Å². The van der Waals surface area contributed by atoms with Crippen LogP contribution in [0.15, 0.2) is 30.0 Å². The van der Waals surface area contributed by atoms with Crippen LogP contribution < -0.4 is 0 Å². The summed E-state index contributed by atoms with van der Waals surface area (Å²) in [7, 11) is 1.60. The van der Waals surface area contributed by atoms with Gasteiger partial charge in [0.2, 0.25) is 0 Å². The van der Waals surface area contributed by atoms with Crippen LogP contribution in [0.2, 0.25) is 5.02 Å². The smallest absolute Gasteiger partial charge is 0.277 e. The van der Waals surface area contributed by atoms with Crippen LogP contribution in [0, 0.1) is 0 Å². The predicted molar refractivity (Wildman–Crippen MR) is 94.0 cm³/mol. The molecule has 0 aliphatic carbocycles. The van der Waals surface area contributed by atoms with Crippen molar-refractivity contribution >= 4 is 29.0 Å². The maximum Gasteiger partial charge on any atom is 0.277 e. The summed E-state index contributed by atoms with van der Waals surface area (Å²) >= 11 is 5.96. The second-order valence-corrected chi connectivity index (χ2v) is 6.37. The molecule has 7 heteroatoms. The van der Waals surface area contributed by atoms with E-state index in [0.717, 1.165) is 0 Å². The van der Waals surface area contributed by atoms with Gasteiger partial charge in [-0.15, -0.1) is 0 Å². The fourth-order valence-electron chi connectivity index (χ4n) is 3.09. The summed E-state index contributed by atoms with van der Waals surface area (Å²) in [5.74, 6) is -0.502. The van der Waals surface area contributed by atoms with Crippen molar-refractivity contribution in [2.45, 2.75) is 6.42 Å². The molecule has 0 radical (unpaired) electrons. The summed E-state index contributed by atoms with van der Waals surface area (Å²) in [5, 5.41) is 0.589. The number of amides is 2. The van der Waals surface area contributed by atoms with Crippen molar-refractivity contribution < 1.29 is 19.1 Å². The van der Waals surface area contributed by atoms with Gasteiger partial charge in [-0.3, -0.25) is 14.5 Å². The Morgan fingerprint density at radius 1 is 1.12 bits per heavy atom. The van der Waals surface area contributed by atoms with E-state index in [1.54, 1.807) is 31.4 Å². The average Bonchev–Trinajstić information content (AvgIpc) is 2.88. The molecule has 1 aromatic carbocycles. The van der Waals surface area contributed by atoms with Gasteiger partial charge < -0.3 is 14.4 Å². The molecule has 1 aromatic rings. The minimum absolute atomic E-state index is 0.243. The fourth-order valence-corrected chi connectivity index (χ4v) is 3.22. The lowest BCUT2D eigenvalue weighted by Gasteiger charge is -2.29. The van der Waals surface area contributed by atoms with E-state index in [2.05, 4.69) is 0 Å². The molecular formula is C18H21ClN2O4. The van der Waals surface area contributed by atoms with E-state index < -0.39 is 0 Å². The van der Waals surface area contributed by atoms with Crippen molar-refractivity contribution in [1.29, 1.82) is 0 Å². The van der Waals surface area contributed by atoms with Gasteiger partial charge in [0.25, 0.3) is 11.8 Å². The van der Waals surface area contributed by atoms with E-state index in [-0.39, 0.29) is 11.8 Å². The number of carbonyl (C=O) groups is 2. The highest BCUT2D eigenvalue weighted by Gasteiger charge is 2.41. The Labute approximate surface area is 151 Å². The fraction of sp³-hybridized carbons (Fsp3) is 0.444. The van der Waals surface area contributed by atoms with Crippen LogP contribution in [0.4, 0.5) is 0 Å². The quantitative estimate of drug-likeness (QED) is 0.569. The zero-order valence-corrected chi connectivity index (χ0v) is 14.9. The Morgan fingerprint density at radius 3 is 2.44 bits per heavy atom. The minimum Gasteiger partial charge on any atom is -0.385 e. The Bertz CT molecular complexity index is 681. The summed E-state index contributed by atoms with van der Waals surface area (Å²) in [6, 6.07) is 7.02. The number of hydrogen-bond donors (Lipinski definition) is 0. The molecule has 3 rings (SSSR count). The van der Waals surface area contributed by atoms with Gasteiger partial charge in [0.1, 0.15) is 5.70 Å². The number of nitrogens with zero attached hydrogens (tertiary/aromatic N) is 2. The zero-order valence-electron chi connectivity index (χ0n) is 14.2. The number of carbonyl (C=O) groups excluding carboxylic acids is 2. The highest BCUT2D eigenvalue weighted by molar-refractivity contribution is 6.36. The predicted octanol–water partition coefficient (Wildman–Crippen LogP) is 1.79. The van der Waals surface area contributed by atoms with E-state index in [0.29, 0.717) is 67.7 Å². The first-order chi connectivity index (χ1) is 12.1. The molecule has 0 spiro atoms. The molecule has 25 heavy (non-hydrogen) atoms. The third-order valence-electron chi connectivity index (χ3n) is 4.33. The molecule has 1 fully saturated rings. The molecular weight excluding hydrogens is 344 g/mol. The van der Waals surface area contributed by atoms with Crippen LogP contribution in [-0.2, 0) is 19.1 Å². The SMILES string of the molecule is COCCCN1C(=O)C(c2ccc(Cl)cc2)=C(N2CCOCC2)C1=O. The number of ether oxygens (including phenoxy) is 2. The molecule has 0 N–H and O–H groups in total. The van der Waals surface area contributed by atoms with Crippen LogP contribution in [-0.4, -0.2) is 68.2 Å². The Hall–Kier alpha value is -1.89. The molecule has 2 aliphatic rings. The van der Waals surface area contributed by atoms with Crippen molar-refractivity contribution in [1.82, 2.24) is 9.80 Å². The lowest BCUT2D eigenvalue weighted by molar-refractivity contribution is -0.138. The topological polar surface area (TPSA) is 59.1 Å². The number of imide groups is 1. The summed E-state index contributed by atoms with van der Waals surface area (Å²) in [6.07, 6.45) is 0.609. The first-order valence-electron chi connectivity index (χ1n) is 8.31. The number of morpholine rings is 1. The van der Waals surface area contributed by atoms with Crippen LogP contribution >= 0.6 is 11.6 Å². The van der Waals surface area contributed by atoms with E-state index >= 15 is 0 Å². The summed E-state index contributed by atoms with van der Waals surface area (Å²) < 4.78 is 10.4. The molecule has 2 aliphatic heterocycles. The van der Waals surface area contributed by atoms with Gasteiger partial charge >= 0.3 is 0 Å². The van der Waals surface area contributed by atoms with Crippen LogP contribution in [0.25, 0.3) is 5.57 Å². The monoisotopic (exact) mass is 364 g/mol. The van der Waals surface area contributed by atoms with E-state index in [4.69, 9.17) is 21.1 Å². The van der Waals surface area contributed by atoms with Crippen molar-refractivity contribution in [2.75, 3.05) is 46.6 Å².